The molecule has 0 saturated carbocycles. The van der Waals surface area contributed by atoms with Gasteiger partial charge in [-0.2, -0.15) is 10.2 Å². The number of aromatic hydroxyl groups is 4. The molecule has 0 saturated heterocycles. The molecule has 4 rings (SSSR count). The van der Waals surface area contributed by atoms with Crippen LogP contribution in [0.5, 0.6) is 23.0 Å². The summed E-state index contributed by atoms with van der Waals surface area (Å²) in [4.78, 5) is 0. The lowest BCUT2D eigenvalue weighted by Gasteiger charge is -2.08. The molecule has 0 aliphatic heterocycles. The molecule has 0 aliphatic carbocycles. The number of hydrogen-bond acceptors (Lipinski definition) is 10. The lowest BCUT2D eigenvalue weighted by Crippen LogP contribution is -2.01. The van der Waals surface area contributed by atoms with Gasteiger partial charge in [-0.1, -0.05) is 24.3 Å². The number of hydrazone groups is 2. The fraction of sp³-hybridized carbons (Fsp3) is 0. The summed E-state index contributed by atoms with van der Waals surface area (Å²) >= 11 is 0. The molecule has 10 nitrogen and oxygen atoms in total. The van der Waals surface area contributed by atoms with Gasteiger partial charge in [0.15, 0.2) is 11.6 Å². The van der Waals surface area contributed by atoms with Crippen LogP contribution in [0.15, 0.2) is 70.9 Å². The van der Waals surface area contributed by atoms with Crippen molar-refractivity contribution in [2.24, 2.45) is 10.2 Å². The van der Waals surface area contributed by atoms with Gasteiger partial charge in [0.25, 0.3) is 0 Å². The third kappa shape index (κ3) is 4.49. The van der Waals surface area contributed by atoms with Gasteiger partial charge >= 0.3 is 0 Å². The van der Waals surface area contributed by atoms with Crippen LogP contribution in [0.1, 0.15) is 11.1 Å². The van der Waals surface area contributed by atoms with Gasteiger partial charge in [0.2, 0.25) is 0 Å². The van der Waals surface area contributed by atoms with Crippen LogP contribution >= 0.6 is 0 Å². The monoisotopic (exact) mass is 430 g/mol. The molecule has 10 heteroatoms. The van der Waals surface area contributed by atoms with Crippen LogP contribution in [-0.4, -0.2) is 43.1 Å². The van der Waals surface area contributed by atoms with E-state index in [0.717, 1.165) is 10.8 Å². The van der Waals surface area contributed by atoms with Crippen LogP contribution in [-0.2, 0) is 0 Å². The highest BCUT2D eigenvalue weighted by Crippen LogP contribution is 2.26. The number of hydrogen-bond donors (Lipinski definition) is 6. The minimum absolute atomic E-state index is 0.0455. The summed E-state index contributed by atoms with van der Waals surface area (Å²) in [6.07, 6.45) is 2.79. The van der Waals surface area contributed by atoms with Crippen LogP contribution in [0.4, 0.5) is 11.6 Å². The van der Waals surface area contributed by atoms with Crippen molar-refractivity contribution >= 4 is 34.8 Å². The lowest BCUT2D eigenvalue weighted by molar-refractivity contribution is 0.449. The first-order valence-corrected chi connectivity index (χ1v) is 9.39. The molecular formula is C22H18N6O4. The Morgan fingerprint density at radius 2 is 1.06 bits per heavy atom. The first-order valence-electron chi connectivity index (χ1n) is 9.39. The number of anilines is 2. The van der Waals surface area contributed by atoms with E-state index in [1.54, 1.807) is 0 Å². The van der Waals surface area contributed by atoms with Gasteiger partial charge in [-0.25, -0.2) is 0 Å². The smallest absolute Gasteiger partial charge is 0.176 e. The molecule has 0 amide bonds. The minimum Gasteiger partial charge on any atom is -0.508 e. The summed E-state index contributed by atoms with van der Waals surface area (Å²) in [6, 6.07) is 15.7. The molecule has 6 N–H and O–H groups in total. The van der Waals surface area contributed by atoms with Crippen molar-refractivity contribution in [3.05, 3.63) is 71.8 Å². The van der Waals surface area contributed by atoms with Crippen molar-refractivity contribution in [1.82, 2.24) is 10.2 Å². The zero-order valence-corrected chi connectivity index (χ0v) is 16.5. The largest absolute Gasteiger partial charge is 0.508 e. The van der Waals surface area contributed by atoms with Crippen LogP contribution in [0.3, 0.4) is 0 Å². The highest BCUT2D eigenvalue weighted by Gasteiger charge is 2.08. The minimum atomic E-state index is -0.108. The zero-order valence-electron chi connectivity index (χ0n) is 16.5. The van der Waals surface area contributed by atoms with Crippen molar-refractivity contribution in [2.45, 2.75) is 0 Å². The topological polar surface area (TPSA) is 155 Å². The third-order valence-corrected chi connectivity index (χ3v) is 4.46. The summed E-state index contributed by atoms with van der Waals surface area (Å²) < 4.78 is 0. The summed E-state index contributed by atoms with van der Waals surface area (Å²) in [7, 11) is 0. The number of fused-ring (bicyclic) bond motifs is 1. The maximum Gasteiger partial charge on any atom is 0.176 e. The molecular weight excluding hydrogens is 412 g/mol. The Labute approximate surface area is 181 Å². The summed E-state index contributed by atoms with van der Waals surface area (Å²) in [5.74, 6) is 0.473. The molecule has 0 radical (unpaired) electrons. The molecule has 0 spiro atoms. The van der Waals surface area contributed by atoms with Crippen molar-refractivity contribution in [3.8, 4) is 23.0 Å². The first kappa shape index (κ1) is 20.4. The van der Waals surface area contributed by atoms with E-state index in [9.17, 15) is 20.4 Å². The summed E-state index contributed by atoms with van der Waals surface area (Å²) in [5.41, 5.74) is 6.43. The normalized spacial score (nSPS) is 11.4. The number of benzene rings is 3. The second-order valence-corrected chi connectivity index (χ2v) is 6.67. The number of phenolic OH excluding ortho intramolecular Hbond substituents is 4. The molecule has 1 heterocycles. The molecule has 0 unspecified atom stereocenters. The molecule has 3 aromatic carbocycles. The number of phenols is 4. The van der Waals surface area contributed by atoms with Crippen LogP contribution in [0, 0.1) is 0 Å². The quantitative estimate of drug-likeness (QED) is 0.201. The van der Waals surface area contributed by atoms with Gasteiger partial charge in [0, 0.05) is 34.0 Å². The SMILES string of the molecule is Oc1ccc(/C=N/Nc2nnc(N/N=C/c3ccc(O)cc3O)c3ccccc23)c(O)c1. The Balaban J connectivity index is 1.54. The van der Waals surface area contributed by atoms with Crippen LogP contribution in [0.2, 0.25) is 0 Å². The molecule has 160 valence electrons. The van der Waals surface area contributed by atoms with Gasteiger partial charge in [-0.3, -0.25) is 10.9 Å². The van der Waals surface area contributed by atoms with E-state index in [1.165, 1.54) is 48.8 Å². The second kappa shape index (κ2) is 8.88. The molecule has 0 atom stereocenters. The maximum atomic E-state index is 9.84. The predicted octanol–water partition coefficient (Wildman–Crippen LogP) is 3.34. The molecule has 32 heavy (non-hydrogen) atoms. The average molecular weight is 430 g/mol. The van der Waals surface area contributed by atoms with E-state index in [-0.39, 0.29) is 23.0 Å². The number of nitrogens with one attached hydrogen (secondary N) is 2. The Bertz CT molecular complexity index is 1240. The fourth-order valence-electron chi connectivity index (χ4n) is 2.88. The fourth-order valence-corrected chi connectivity index (χ4v) is 2.88. The van der Waals surface area contributed by atoms with Crippen LogP contribution in [0.25, 0.3) is 10.8 Å². The van der Waals surface area contributed by atoms with E-state index < -0.39 is 0 Å². The zero-order chi connectivity index (χ0) is 22.5. The van der Waals surface area contributed by atoms with Gasteiger partial charge in [0.05, 0.1) is 12.4 Å². The average Bonchev–Trinajstić information content (AvgIpc) is 2.77. The van der Waals surface area contributed by atoms with E-state index >= 15 is 0 Å². The molecule has 0 fully saturated rings. The first-order chi connectivity index (χ1) is 15.5. The summed E-state index contributed by atoms with van der Waals surface area (Å²) in [6.45, 7) is 0. The van der Waals surface area contributed by atoms with Gasteiger partial charge in [-0.15, -0.1) is 10.2 Å². The second-order valence-electron chi connectivity index (χ2n) is 6.67. The summed E-state index contributed by atoms with van der Waals surface area (Å²) in [5, 5.41) is 56.3. The highest BCUT2D eigenvalue weighted by atomic mass is 16.3. The highest BCUT2D eigenvalue weighted by molar-refractivity contribution is 5.98. The van der Waals surface area contributed by atoms with E-state index in [1.807, 2.05) is 24.3 Å². The molecule has 0 bridgehead atoms. The van der Waals surface area contributed by atoms with E-state index in [0.29, 0.717) is 22.8 Å². The van der Waals surface area contributed by atoms with Crippen LogP contribution < -0.4 is 10.9 Å². The number of aromatic nitrogens is 2. The molecule has 0 aliphatic rings. The Morgan fingerprint density at radius 3 is 1.47 bits per heavy atom. The van der Waals surface area contributed by atoms with Crippen molar-refractivity contribution in [2.75, 3.05) is 10.9 Å². The standard InChI is InChI=1S/C22H18N6O4/c29-15-7-5-13(19(31)9-15)11-23-25-21-17-3-1-2-4-18(17)22(28-27-21)26-24-12-14-6-8-16(30)10-20(14)32/h1-12,29-32H,(H,25,27)(H,26,28)/b23-11+,24-12+. The predicted molar refractivity (Wildman–Crippen MR) is 122 cm³/mol. The number of rotatable bonds is 6. The van der Waals surface area contributed by atoms with Gasteiger partial charge < -0.3 is 20.4 Å². The lowest BCUT2D eigenvalue weighted by atomic mass is 10.2. The third-order valence-electron chi connectivity index (χ3n) is 4.46. The Kier molecular flexibility index (Phi) is 5.66. The van der Waals surface area contributed by atoms with Crippen molar-refractivity contribution in [3.63, 3.8) is 0 Å². The van der Waals surface area contributed by atoms with Crippen molar-refractivity contribution in [1.29, 1.82) is 0 Å². The molecule has 1 aromatic heterocycles. The van der Waals surface area contributed by atoms with Crippen molar-refractivity contribution < 1.29 is 20.4 Å². The molecule has 4 aromatic rings. The Hall–Kier alpha value is -4.86. The van der Waals surface area contributed by atoms with E-state index in [4.69, 9.17) is 0 Å². The Morgan fingerprint density at radius 1 is 0.625 bits per heavy atom. The van der Waals surface area contributed by atoms with E-state index in [2.05, 4.69) is 31.3 Å². The van der Waals surface area contributed by atoms with Gasteiger partial charge in [-0.05, 0) is 24.3 Å². The number of nitrogens with zero attached hydrogens (tertiary/aromatic N) is 4. The maximum absolute atomic E-state index is 9.84. The van der Waals surface area contributed by atoms with Gasteiger partial charge in [0.1, 0.15) is 23.0 Å².